The summed E-state index contributed by atoms with van der Waals surface area (Å²) in [6.45, 7) is 3.05. The maximum Gasteiger partial charge on any atom is 0.269 e. The Morgan fingerprint density at radius 2 is 2.16 bits per heavy atom. The summed E-state index contributed by atoms with van der Waals surface area (Å²) >= 11 is 0. The Morgan fingerprint density at radius 1 is 1.42 bits per heavy atom. The molecule has 1 aliphatic rings. The number of anilines is 1. The predicted octanol–water partition coefficient (Wildman–Crippen LogP) is 2.27. The number of hydrogen-bond donors (Lipinski definition) is 0. The molecule has 1 atom stereocenters. The van der Waals surface area contributed by atoms with Gasteiger partial charge in [-0.05, 0) is 6.92 Å². The van der Waals surface area contributed by atoms with E-state index >= 15 is 0 Å². The Labute approximate surface area is 107 Å². The normalized spacial score (nSPS) is 22.4. The van der Waals surface area contributed by atoms with Crippen LogP contribution in [-0.4, -0.2) is 33.6 Å². The fourth-order valence-electron chi connectivity index (χ4n) is 2.38. The molecule has 0 radical (unpaired) electrons. The van der Waals surface area contributed by atoms with Crippen LogP contribution < -0.4 is 4.90 Å². The zero-order chi connectivity index (χ0) is 13.8. The Hall–Kier alpha value is -1.79. The van der Waals surface area contributed by atoms with Crippen molar-refractivity contribution in [2.75, 3.05) is 18.0 Å². The average Bonchev–Trinajstić information content (AvgIpc) is 2.81. The van der Waals surface area contributed by atoms with Crippen molar-refractivity contribution >= 4 is 11.5 Å². The van der Waals surface area contributed by atoms with Crippen LogP contribution in [0.15, 0.2) is 12.3 Å². The molecule has 4 nitrogen and oxygen atoms in total. The molecular weight excluding hydrogens is 257 g/mol. The molecule has 3 heterocycles. The Bertz CT molecular complexity index is 637. The minimum Gasteiger partial charge on any atom is -0.350 e. The van der Waals surface area contributed by atoms with Crippen LogP contribution in [0.3, 0.4) is 0 Å². The van der Waals surface area contributed by atoms with E-state index in [1.165, 1.54) is 16.3 Å². The first-order valence-electron chi connectivity index (χ1n) is 6.02. The van der Waals surface area contributed by atoms with Gasteiger partial charge in [0.15, 0.2) is 11.5 Å². The van der Waals surface area contributed by atoms with Crippen LogP contribution in [0, 0.1) is 18.7 Å². The van der Waals surface area contributed by atoms with Gasteiger partial charge in [0.05, 0.1) is 12.7 Å². The van der Waals surface area contributed by atoms with Crippen molar-refractivity contribution in [1.82, 2.24) is 14.6 Å². The topological polar surface area (TPSA) is 33.4 Å². The maximum atomic E-state index is 13.6. The lowest BCUT2D eigenvalue weighted by molar-refractivity contribution is -0.0138. The molecule has 0 spiro atoms. The fraction of sp³-hybridized carbons (Fsp3) is 0.500. The highest BCUT2D eigenvalue weighted by Crippen LogP contribution is 2.35. The molecule has 0 saturated carbocycles. The summed E-state index contributed by atoms with van der Waals surface area (Å²) < 4.78 is 42.0. The van der Waals surface area contributed by atoms with Gasteiger partial charge in [0.1, 0.15) is 5.82 Å². The third-order valence-electron chi connectivity index (χ3n) is 3.48. The molecule has 2 aromatic rings. The van der Waals surface area contributed by atoms with E-state index in [9.17, 15) is 13.2 Å². The Morgan fingerprint density at radius 3 is 2.79 bits per heavy atom. The molecule has 1 saturated heterocycles. The second-order valence-corrected chi connectivity index (χ2v) is 5.03. The van der Waals surface area contributed by atoms with E-state index in [2.05, 4.69) is 10.1 Å². The maximum absolute atomic E-state index is 13.6. The van der Waals surface area contributed by atoms with E-state index in [1.54, 1.807) is 13.0 Å². The van der Waals surface area contributed by atoms with Crippen LogP contribution >= 0.6 is 0 Å². The van der Waals surface area contributed by atoms with Crippen LogP contribution in [0.5, 0.6) is 0 Å². The van der Waals surface area contributed by atoms with Crippen molar-refractivity contribution in [2.45, 2.75) is 19.8 Å². The van der Waals surface area contributed by atoms with Gasteiger partial charge in [0.2, 0.25) is 0 Å². The average molecular weight is 270 g/mol. The van der Waals surface area contributed by atoms with Crippen molar-refractivity contribution in [3.63, 3.8) is 0 Å². The number of fused-ring (bicyclic) bond motifs is 1. The number of alkyl halides is 2. The number of nitrogens with zero attached hydrogens (tertiary/aromatic N) is 4. The SMILES string of the molecule is Cc1cc(N2CC(C)C(F)(F)C2)n2ncc(F)c2n1. The first-order chi connectivity index (χ1) is 8.88. The quantitative estimate of drug-likeness (QED) is 0.797. The molecule has 3 rings (SSSR count). The van der Waals surface area contributed by atoms with Crippen LogP contribution in [0.1, 0.15) is 12.6 Å². The molecule has 0 N–H and O–H groups in total. The van der Waals surface area contributed by atoms with Crippen molar-refractivity contribution in [3.05, 3.63) is 23.8 Å². The van der Waals surface area contributed by atoms with Gasteiger partial charge >= 0.3 is 0 Å². The van der Waals surface area contributed by atoms with Gasteiger partial charge in [-0.15, -0.1) is 0 Å². The van der Waals surface area contributed by atoms with Crippen molar-refractivity contribution in [3.8, 4) is 0 Å². The molecule has 0 bridgehead atoms. The lowest BCUT2D eigenvalue weighted by atomic mass is 10.1. The molecule has 102 valence electrons. The molecular formula is C12H13F3N4. The number of hydrogen-bond acceptors (Lipinski definition) is 3. The largest absolute Gasteiger partial charge is 0.350 e. The number of rotatable bonds is 1. The van der Waals surface area contributed by atoms with Gasteiger partial charge in [-0.2, -0.15) is 9.61 Å². The minimum absolute atomic E-state index is 0.0675. The smallest absolute Gasteiger partial charge is 0.269 e. The number of halogens is 3. The highest BCUT2D eigenvalue weighted by molar-refractivity contribution is 5.52. The Balaban J connectivity index is 2.11. The molecule has 2 aromatic heterocycles. The van der Waals surface area contributed by atoms with E-state index in [1.807, 2.05) is 0 Å². The summed E-state index contributed by atoms with van der Waals surface area (Å²) in [5, 5.41) is 3.87. The van der Waals surface area contributed by atoms with Gasteiger partial charge in [-0.3, -0.25) is 0 Å². The van der Waals surface area contributed by atoms with Crippen LogP contribution in [-0.2, 0) is 0 Å². The van der Waals surface area contributed by atoms with Gasteiger partial charge in [0.25, 0.3) is 5.92 Å². The standard InChI is InChI=1S/C12H13F3N4/c1-7-5-18(6-12(7,14)15)10-3-8(2)17-11-9(13)4-16-19(10)11/h3-4,7H,5-6H2,1-2H3. The van der Waals surface area contributed by atoms with Gasteiger partial charge in [0, 0.05) is 24.2 Å². The van der Waals surface area contributed by atoms with Gasteiger partial charge in [-0.25, -0.2) is 18.2 Å². The summed E-state index contributed by atoms with van der Waals surface area (Å²) in [4.78, 5) is 5.56. The molecule has 0 aromatic carbocycles. The molecule has 7 heteroatoms. The molecule has 0 aliphatic carbocycles. The molecule has 1 unspecified atom stereocenters. The second-order valence-electron chi connectivity index (χ2n) is 5.03. The van der Waals surface area contributed by atoms with E-state index in [0.29, 0.717) is 11.5 Å². The minimum atomic E-state index is -2.74. The van der Waals surface area contributed by atoms with E-state index in [-0.39, 0.29) is 18.7 Å². The molecule has 19 heavy (non-hydrogen) atoms. The van der Waals surface area contributed by atoms with E-state index in [4.69, 9.17) is 0 Å². The molecule has 1 fully saturated rings. The lowest BCUT2D eigenvalue weighted by Gasteiger charge is -2.19. The highest BCUT2D eigenvalue weighted by Gasteiger charge is 2.46. The van der Waals surface area contributed by atoms with Crippen molar-refractivity contribution in [2.24, 2.45) is 5.92 Å². The van der Waals surface area contributed by atoms with Crippen molar-refractivity contribution < 1.29 is 13.2 Å². The van der Waals surface area contributed by atoms with Crippen LogP contribution in [0.2, 0.25) is 0 Å². The third kappa shape index (κ3) is 1.84. The number of aryl methyl sites for hydroxylation is 1. The zero-order valence-corrected chi connectivity index (χ0v) is 10.6. The van der Waals surface area contributed by atoms with Gasteiger partial charge < -0.3 is 4.90 Å². The van der Waals surface area contributed by atoms with Gasteiger partial charge in [-0.1, -0.05) is 6.92 Å². The fourth-order valence-corrected chi connectivity index (χ4v) is 2.38. The summed E-state index contributed by atoms with van der Waals surface area (Å²) in [5.41, 5.74) is 0.641. The van der Waals surface area contributed by atoms with E-state index in [0.717, 1.165) is 6.20 Å². The van der Waals surface area contributed by atoms with E-state index < -0.39 is 17.7 Å². The lowest BCUT2D eigenvalue weighted by Crippen LogP contribution is -2.27. The summed E-state index contributed by atoms with van der Waals surface area (Å²) in [7, 11) is 0. The first kappa shape index (κ1) is 12.3. The third-order valence-corrected chi connectivity index (χ3v) is 3.48. The summed E-state index contributed by atoms with van der Waals surface area (Å²) in [5.74, 6) is -3.58. The monoisotopic (exact) mass is 270 g/mol. The van der Waals surface area contributed by atoms with Crippen LogP contribution in [0.25, 0.3) is 5.65 Å². The Kier molecular flexibility index (Phi) is 2.48. The zero-order valence-electron chi connectivity index (χ0n) is 10.6. The summed E-state index contributed by atoms with van der Waals surface area (Å²) in [6, 6.07) is 1.65. The molecule has 0 amide bonds. The predicted molar refractivity (Wildman–Crippen MR) is 64.0 cm³/mol. The first-order valence-corrected chi connectivity index (χ1v) is 6.02. The summed E-state index contributed by atoms with van der Waals surface area (Å²) in [6.07, 6.45) is 1.04. The highest BCUT2D eigenvalue weighted by atomic mass is 19.3. The molecule has 1 aliphatic heterocycles. The van der Waals surface area contributed by atoms with Crippen molar-refractivity contribution in [1.29, 1.82) is 0 Å². The second kappa shape index (κ2) is 3.85. The number of aromatic nitrogens is 3. The van der Waals surface area contributed by atoms with Crippen LogP contribution in [0.4, 0.5) is 19.0 Å².